The normalized spacial score (nSPS) is 13.6. The van der Waals surface area contributed by atoms with Gasteiger partial charge in [-0.05, 0) is 50.1 Å². The number of aliphatic carboxylic acids is 1. The van der Waals surface area contributed by atoms with Crippen LogP contribution in [0.4, 0.5) is 24.5 Å². The highest BCUT2D eigenvalue weighted by Gasteiger charge is 2.38. The van der Waals surface area contributed by atoms with E-state index in [1.165, 1.54) is 11.3 Å². The molecule has 4 rings (SSSR count). The molecule has 38 heavy (non-hydrogen) atoms. The van der Waals surface area contributed by atoms with Crippen molar-refractivity contribution in [1.82, 2.24) is 15.6 Å². The third kappa shape index (κ3) is 7.48. The van der Waals surface area contributed by atoms with Crippen molar-refractivity contribution in [3.8, 4) is 5.75 Å². The summed E-state index contributed by atoms with van der Waals surface area (Å²) in [4.78, 5) is 29.7. The van der Waals surface area contributed by atoms with Crippen molar-refractivity contribution in [2.45, 2.75) is 26.4 Å². The van der Waals surface area contributed by atoms with Gasteiger partial charge in [-0.25, -0.2) is 9.78 Å². The number of halogens is 3. The first-order valence-electron chi connectivity index (χ1n) is 12.0. The Labute approximate surface area is 221 Å². The van der Waals surface area contributed by atoms with E-state index in [2.05, 4.69) is 38.7 Å². The van der Waals surface area contributed by atoms with Crippen LogP contribution < -0.4 is 26.0 Å². The number of carbonyl (C=O) groups is 2. The highest BCUT2D eigenvalue weighted by Crippen LogP contribution is 2.33. The van der Waals surface area contributed by atoms with Crippen LogP contribution in [-0.2, 0) is 11.2 Å². The van der Waals surface area contributed by atoms with Gasteiger partial charge in [0.05, 0.1) is 18.0 Å². The molecule has 0 saturated carbocycles. The van der Waals surface area contributed by atoms with Gasteiger partial charge in [0.1, 0.15) is 15.5 Å². The monoisotopic (exact) mass is 553 g/mol. The Bertz CT molecular complexity index is 1280. The molecular formula is C25H30F3N5O4S. The van der Waals surface area contributed by atoms with Gasteiger partial charge in [-0.1, -0.05) is 6.07 Å². The molecule has 1 fully saturated rings. The minimum absolute atomic E-state index is 0.152. The number of benzene rings is 1. The van der Waals surface area contributed by atoms with Gasteiger partial charge >= 0.3 is 12.1 Å². The van der Waals surface area contributed by atoms with Crippen LogP contribution in [0.1, 0.15) is 27.9 Å². The van der Waals surface area contributed by atoms with Crippen molar-refractivity contribution in [2.24, 2.45) is 0 Å². The van der Waals surface area contributed by atoms with Crippen LogP contribution in [-0.4, -0.2) is 67.5 Å². The fourth-order valence-corrected chi connectivity index (χ4v) is 4.87. The van der Waals surface area contributed by atoms with Crippen LogP contribution in [0.15, 0.2) is 30.3 Å². The fraction of sp³-hybridized carbons (Fsp3) is 0.400. The summed E-state index contributed by atoms with van der Waals surface area (Å²) < 4.78 is 37.7. The van der Waals surface area contributed by atoms with E-state index in [1.54, 1.807) is 0 Å². The maximum atomic E-state index is 12.7. The van der Waals surface area contributed by atoms with Crippen LogP contribution in [0, 0.1) is 6.92 Å². The number of thiophene rings is 1. The van der Waals surface area contributed by atoms with E-state index < -0.39 is 12.1 Å². The van der Waals surface area contributed by atoms with Gasteiger partial charge in [0.2, 0.25) is 0 Å². The Morgan fingerprint density at radius 2 is 1.92 bits per heavy atom. The maximum absolute atomic E-state index is 12.7. The standard InChI is InChI=1S/C23H29N5O2S.C2HF3O2/c1-3-30-19-14-16(5-7-18(19)28-12-10-25-11-13-28)8-9-26-22(29)21-20(24)17-6-4-15(2)27-23(17)31-21;3-2(4,5)1(6)7/h4-7,14,25H,3,8-13,24H2,1-2H3,(H,26,29);(H,6,7). The predicted molar refractivity (Wildman–Crippen MR) is 141 cm³/mol. The first-order chi connectivity index (χ1) is 18.0. The van der Waals surface area contributed by atoms with E-state index in [9.17, 15) is 18.0 Å². The summed E-state index contributed by atoms with van der Waals surface area (Å²) in [7, 11) is 0. The lowest BCUT2D eigenvalue weighted by Gasteiger charge is -2.31. The van der Waals surface area contributed by atoms with E-state index >= 15 is 0 Å². The molecule has 13 heteroatoms. The molecule has 0 radical (unpaired) electrons. The molecule has 1 amide bonds. The van der Waals surface area contributed by atoms with Gasteiger partial charge < -0.3 is 31.1 Å². The SMILES string of the molecule is CCOc1cc(CCNC(=O)c2sc3nc(C)ccc3c2N)ccc1N1CCNCC1.O=C(O)C(F)(F)F. The number of piperazine rings is 1. The van der Waals surface area contributed by atoms with E-state index in [0.29, 0.717) is 23.7 Å². The number of anilines is 2. The van der Waals surface area contributed by atoms with Crippen molar-refractivity contribution < 1.29 is 32.6 Å². The summed E-state index contributed by atoms with van der Waals surface area (Å²) in [6.07, 6.45) is -4.37. The summed E-state index contributed by atoms with van der Waals surface area (Å²) in [5.41, 5.74) is 9.88. The number of alkyl halides is 3. The van der Waals surface area contributed by atoms with E-state index in [0.717, 1.165) is 65.5 Å². The lowest BCUT2D eigenvalue weighted by molar-refractivity contribution is -0.192. The predicted octanol–water partition coefficient (Wildman–Crippen LogP) is 3.60. The van der Waals surface area contributed by atoms with Gasteiger partial charge in [0.15, 0.2) is 0 Å². The number of nitrogens with one attached hydrogen (secondary N) is 2. The molecule has 0 spiro atoms. The Kier molecular flexibility index (Phi) is 9.75. The highest BCUT2D eigenvalue weighted by molar-refractivity contribution is 7.21. The first kappa shape index (κ1) is 29.0. The average molecular weight is 554 g/mol. The lowest BCUT2D eigenvalue weighted by atomic mass is 10.1. The number of hydrogen-bond acceptors (Lipinski definition) is 8. The van der Waals surface area contributed by atoms with Crippen LogP contribution >= 0.6 is 11.3 Å². The lowest BCUT2D eigenvalue weighted by Crippen LogP contribution is -2.43. The molecule has 1 aliphatic heterocycles. The number of rotatable bonds is 7. The molecule has 1 saturated heterocycles. The average Bonchev–Trinajstić information content (AvgIpc) is 3.20. The molecule has 9 nitrogen and oxygen atoms in total. The molecule has 0 bridgehead atoms. The maximum Gasteiger partial charge on any atom is 0.490 e. The highest BCUT2D eigenvalue weighted by atomic mass is 32.1. The third-order valence-electron chi connectivity index (χ3n) is 5.66. The number of aryl methyl sites for hydroxylation is 1. The summed E-state index contributed by atoms with van der Waals surface area (Å²) in [6, 6.07) is 10.2. The molecule has 206 valence electrons. The molecule has 5 N–H and O–H groups in total. The van der Waals surface area contributed by atoms with Crippen molar-refractivity contribution in [1.29, 1.82) is 0 Å². The first-order valence-corrected chi connectivity index (χ1v) is 12.8. The van der Waals surface area contributed by atoms with Crippen LogP contribution in [0.5, 0.6) is 5.75 Å². The summed E-state index contributed by atoms with van der Waals surface area (Å²) >= 11 is 1.34. The second-order valence-electron chi connectivity index (χ2n) is 8.43. The second kappa shape index (κ2) is 12.8. The summed E-state index contributed by atoms with van der Waals surface area (Å²) in [5, 5.41) is 14.3. The number of nitrogens with two attached hydrogens (primary N) is 1. The van der Waals surface area contributed by atoms with E-state index in [4.69, 9.17) is 20.4 Å². The smallest absolute Gasteiger partial charge is 0.490 e. The molecule has 0 unspecified atom stereocenters. The minimum atomic E-state index is -5.08. The van der Waals surface area contributed by atoms with Crippen molar-refractivity contribution in [2.75, 3.05) is 50.0 Å². The number of carboxylic acids is 1. The van der Waals surface area contributed by atoms with E-state index in [-0.39, 0.29) is 5.91 Å². The molecule has 1 aliphatic rings. The number of nitrogens with zero attached hydrogens (tertiary/aromatic N) is 2. The van der Waals surface area contributed by atoms with Crippen molar-refractivity contribution in [3.05, 3.63) is 46.5 Å². The van der Waals surface area contributed by atoms with Gasteiger partial charge in [-0.15, -0.1) is 11.3 Å². The number of pyridine rings is 1. The van der Waals surface area contributed by atoms with Gasteiger partial charge in [0, 0.05) is 43.8 Å². The topological polar surface area (TPSA) is 130 Å². The fourth-order valence-electron chi connectivity index (χ4n) is 3.81. The Hall–Kier alpha value is -3.58. The second-order valence-corrected chi connectivity index (χ2v) is 9.43. The Morgan fingerprint density at radius 3 is 2.55 bits per heavy atom. The number of fused-ring (bicyclic) bond motifs is 1. The number of amides is 1. The van der Waals surface area contributed by atoms with E-state index in [1.807, 2.05) is 26.0 Å². The summed E-state index contributed by atoms with van der Waals surface area (Å²) in [6.45, 7) is 8.99. The van der Waals surface area contributed by atoms with Crippen molar-refractivity contribution in [3.63, 3.8) is 0 Å². The number of ether oxygens (including phenoxy) is 1. The molecular weight excluding hydrogens is 523 g/mol. The zero-order valence-electron chi connectivity index (χ0n) is 21.0. The van der Waals surface area contributed by atoms with Gasteiger partial charge in [-0.3, -0.25) is 4.79 Å². The van der Waals surface area contributed by atoms with Gasteiger partial charge in [0.25, 0.3) is 5.91 Å². The molecule has 3 heterocycles. The quantitative estimate of drug-likeness (QED) is 0.349. The Balaban J connectivity index is 0.000000505. The van der Waals surface area contributed by atoms with Crippen LogP contribution in [0.2, 0.25) is 0 Å². The van der Waals surface area contributed by atoms with Crippen LogP contribution in [0.25, 0.3) is 10.2 Å². The molecule has 2 aromatic heterocycles. The zero-order valence-corrected chi connectivity index (χ0v) is 21.8. The Morgan fingerprint density at radius 1 is 1.24 bits per heavy atom. The van der Waals surface area contributed by atoms with Gasteiger partial charge in [-0.2, -0.15) is 13.2 Å². The molecule has 1 aromatic carbocycles. The third-order valence-corrected chi connectivity index (χ3v) is 6.78. The number of carbonyl (C=O) groups excluding carboxylic acids is 1. The van der Waals surface area contributed by atoms with Crippen molar-refractivity contribution >= 4 is 44.8 Å². The largest absolute Gasteiger partial charge is 0.492 e. The minimum Gasteiger partial charge on any atom is -0.492 e. The molecule has 0 atom stereocenters. The number of carboxylic acid groups (broad SMARTS) is 1. The summed E-state index contributed by atoms with van der Waals surface area (Å²) in [5.74, 6) is -2.00. The number of aromatic nitrogens is 1. The van der Waals surface area contributed by atoms with Crippen LogP contribution in [0.3, 0.4) is 0 Å². The number of nitrogen functional groups attached to an aromatic ring is 1. The number of hydrogen-bond donors (Lipinski definition) is 4. The zero-order chi connectivity index (χ0) is 27.9. The molecule has 3 aromatic rings. The molecule has 0 aliphatic carbocycles.